The molecule has 2 aliphatic heterocycles. The quantitative estimate of drug-likeness (QED) is 0.0565. The van der Waals surface area contributed by atoms with Crippen molar-refractivity contribution in [3.05, 3.63) is 141 Å². The van der Waals surface area contributed by atoms with Gasteiger partial charge in [0.1, 0.15) is 0 Å². The lowest BCUT2D eigenvalue weighted by atomic mass is 9.83. The smallest absolute Gasteiger partial charge is 0.326 e. The number of imidazole rings is 1. The number of carbonyl (C=O) groups is 1. The first kappa shape index (κ1) is 45.5. The molecule has 9 heteroatoms. The Morgan fingerprint density at radius 3 is 1.95 bits per heavy atom. The minimum absolute atomic E-state index is 0.0187. The second-order valence-corrected chi connectivity index (χ2v) is 17.8. The summed E-state index contributed by atoms with van der Waals surface area (Å²) in [4.78, 5) is 31.3. The maximum Gasteiger partial charge on any atom is 0.326 e. The number of amides is 1. The first-order chi connectivity index (χ1) is 30.5. The van der Waals surface area contributed by atoms with Crippen LogP contribution in [0.5, 0.6) is 0 Å². The van der Waals surface area contributed by atoms with Gasteiger partial charge in [-0.1, -0.05) is 175 Å². The molecule has 0 spiro atoms. The zero-order valence-electron chi connectivity index (χ0n) is 37.0. The Morgan fingerprint density at radius 1 is 0.694 bits per heavy atom. The zero-order valence-corrected chi connectivity index (χ0v) is 37.0. The number of fused-ring (bicyclic) bond motifs is 1. The number of aliphatic hydroxyl groups is 1. The third kappa shape index (κ3) is 12.6. The van der Waals surface area contributed by atoms with Crippen molar-refractivity contribution in [3.8, 4) is 0 Å². The molecule has 4 aromatic carbocycles. The van der Waals surface area contributed by atoms with E-state index in [4.69, 9.17) is 9.47 Å². The van der Waals surface area contributed by atoms with Gasteiger partial charge in [0.25, 0.3) is 0 Å². The number of benzene rings is 4. The van der Waals surface area contributed by atoms with E-state index in [9.17, 15) is 14.7 Å². The van der Waals surface area contributed by atoms with Gasteiger partial charge in [-0.2, -0.15) is 0 Å². The second kappa shape index (κ2) is 23.8. The normalized spacial score (nSPS) is 19.8. The van der Waals surface area contributed by atoms with Gasteiger partial charge in [0, 0.05) is 50.1 Å². The van der Waals surface area contributed by atoms with Crippen LogP contribution in [0, 0.1) is 0 Å². The number of likely N-dealkylation sites (tertiary alicyclic amines) is 1. The highest BCUT2D eigenvalue weighted by atomic mass is 16.7. The highest BCUT2D eigenvalue weighted by Crippen LogP contribution is 2.47. The number of aromatic nitrogens is 2. The molecule has 0 saturated carbocycles. The van der Waals surface area contributed by atoms with Gasteiger partial charge in [0.05, 0.1) is 29.8 Å². The fourth-order valence-electron chi connectivity index (χ4n) is 9.60. The van der Waals surface area contributed by atoms with Crippen molar-refractivity contribution >= 4 is 16.9 Å². The van der Waals surface area contributed by atoms with Crippen molar-refractivity contribution in [1.82, 2.24) is 19.8 Å². The van der Waals surface area contributed by atoms with Crippen LogP contribution in [0.1, 0.15) is 162 Å². The number of H-pyrrole nitrogens is 1. The lowest BCUT2D eigenvalue weighted by molar-refractivity contribution is -0.264. The average Bonchev–Trinajstić information content (AvgIpc) is 3.65. The number of piperidine rings is 1. The van der Waals surface area contributed by atoms with Gasteiger partial charge in [-0.3, -0.25) is 9.36 Å². The molecule has 0 aliphatic carbocycles. The number of nitrogens with zero attached hydrogens (tertiary/aromatic N) is 2. The van der Waals surface area contributed by atoms with Crippen LogP contribution in [0.2, 0.25) is 0 Å². The van der Waals surface area contributed by atoms with Crippen molar-refractivity contribution in [1.29, 1.82) is 0 Å². The minimum Gasteiger partial charge on any atom is -0.392 e. The van der Waals surface area contributed by atoms with Crippen molar-refractivity contribution in [2.75, 3.05) is 19.6 Å². The van der Waals surface area contributed by atoms with Gasteiger partial charge in [-0.15, -0.1) is 0 Å². The number of nitrogens with one attached hydrogen (secondary N) is 2. The van der Waals surface area contributed by atoms with E-state index in [-0.39, 0.29) is 42.4 Å². The van der Waals surface area contributed by atoms with Crippen molar-refractivity contribution < 1.29 is 19.4 Å². The molecule has 3 N–H and O–H groups in total. The van der Waals surface area contributed by atoms with E-state index >= 15 is 0 Å². The van der Waals surface area contributed by atoms with Gasteiger partial charge >= 0.3 is 5.69 Å². The number of ether oxygens (including phenoxy) is 2. The number of hydrogen-bond acceptors (Lipinski definition) is 6. The monoisotopic (exact) mass is 843 g/mol. The molecule has 2 saturated heterocycles. The average molecular weight is 843 g/mol. The first-order valence-corrected chi connectivity index (χ1v) is 23.8. The Kier molecular flexibility index (Phi) is 17.4. The second-order valence-electron chi connectivity index (χ2n) is 17.8. The third-order valence-electron chi connectivity index (χ3n) is 13.2. The standard InChI is InChI=1S/C53H70N4O5/c1-2-3-4-5-6-7-8-9-10-11-12-13-17-24-49(59)54-37-40-25-31-44(32-26-40)52-61-48(38-56-35-33-45(34-36-56)57-47-23-19-18-22-46(47)55-53(57)60)50(42-20-15-14-16-21-42)51(62-52)43-29-27-41(39-58)28-30-43/h14-16,18-23,25-32,45,48,50-52,58H,2-13,17,24,33-39H2,1H3,(H,54,59)(H,55,60). The highest BCUT2D eigenvalue weighted by Gasteiger charge is 2.43. The summed E-state index contributed by atoms with van der Waals surface area (Å²) >= 11 is 0. The van der Waals surface area contributed by atoms with Crippen LogP contribution in [-0.2, 0) is 27.4 Å². The molecule has 0 bridgehead atoms. The SMILES string of the molecule is CCCCCCCCCCCCCCCC(=O)NCc1ccc(C2OC(CN3CCC(n4c(=O)[nH]c5ccccc54)CC3)C(c3ccccc3)C(c3ccc(CO)cc3)O2)cc1. The van der Waals surface area contributed by atoms with Crippen molar-refractivity contribution in [2.45, 2.75) is 153 Å². The van der Waals surface area contributed by atoms with Gasteiger partial charge in [0.2, 0.25) is 5.91 Å². The summed E-state index contributed by atoms with van der Waals surface area (Å²) in [5.41, 5.74) is 6.81. The predicted octanol–water partition coefficient (Wildman–Crippen LogP) is 11.2. The fourth-order valence-corrected chi connectivity index (χ4v) is 9.60. The van der Waals surface area contributed by atoms with Gasteiger partial charge in [-0.25, -0.2) is 4.79 Å². The summed E-state index contributed by atoms with van der Waals surface area (Å²) in [5, 5.41) is 13.0. The van der Waals surface area contributed by atoms with Crippen molar-refractivity contribution in [2.24, 2.45) is 0 Å². The van der Waals surface area contributed by atoms with Crippen molar-refractivity contribution in [3.63, 3.8) is 0 Å². The summed E-state index contributed by atoms with van der Waals surface area (Å²) in [7, 11) is 0. The van der Waals surface area contributed by atoms with E-state index in [0.29, 0.717) is 19.5 Å². The Labute approximate surface area is 369 Å². The van der Waals surface area contributed by atoms with E-state index in [1.54, 1.807) is 0 Å². The summed E-state index contributed by atoms with van der Waals surface area (Å²) in [6.45, 7) is 5.15. The summed E-state index contributed by atoms with van der Waals surface area (Å²) in [6, 6.07) is 34.9. The Hall–Kier alpha value is -4.54. The molecule has 1 aromatic heterocycles. The zero-order chi connectivity index (χ0) is 42.9. The van der Waals surface area contributed by atoms with E-state index in [0.717, 1.165) is 77.6 Å². The van der Waals surface area contributed by atoms with Crippen LogP contribution in [0.4, 0.5) is 0 Å². The molecule has 332 valence electrons. The molecule has 7 rings (SSSR count). The number of hydrogen-bond donors (Lipinski definition) is 3. The van der Waals surface area contributed by atoms with Crippen LogP contribution < -0.4 is 11.0 Å². The fraction of sp³-hybridized carbons (Fsp3) is 0.509. The largest absolute Gasteiger partial charge is 0.392 e. The van der Waals surface area contributed by atoms with E-state index in [2.05, 4.69) is 82.8 Å². The molecular weight excluding hydrogens is 773 g/mol. The summed E-state index contributed by atoms with van der Waals surface area (Å²) < 4.78 is 16.0. The minimum atomic E-state index is -0.607. The predicted molar refractivity (Wildman–Crippen MR) is 249 cm³/mol. The number of rotatable bonds is 23. The van der Waals surface area contributed by atoms with Crippen LogP contribution in [0.15, 0.2) is 108 Å². The van der Waals surface area contributed by atoms with Crippen LogP contribution in [-0.4, -0.2) is 51.2 Å². The summed E-state index contributed by atoms with van der Waals surface area (Å²) in [5.74, 6) is 0.0178. The molecule has 4 unspecified atom stereocenters. The molecule has 3 heterocycles. The van der Waals surface area contributed by atoms with Gasteiger partial charge in [-0.05, 0) is 53.6 Å². The Bertz CT molecular complexity index is 2120. The van der Waals surface area contributed by atoms with E-state index in [1.165, 1.54) is 70.6 Å². The maximum absolute atomic E-state index is 13.1. The van der Waals surface area contributed by atoms with E-state index < -0.39 is 6.29 Å². The number of carbonyl (C=O) groups excluding carboxylic acids is 1. The van der Waals surface area contributed by atoms with Crippen LogP contribution in [0.25, 0.3) is 11.0 Å². The molecule has 5 aromatic rings. The number of para-hydroxylation sites is 2. The molecular formula is C53H70N4O5. The molecule has 9 nitrogen and oxygen atoms in total. The molecule has 2 aliphatic rings. The maximum atomic E-state index is 13.1. The number of unbranched alkanes of at least 4 members (excludes halogenated alkanes) is 12. The molecule has 62 heavy (non-hydrogen) atoms. The third-order valence-corrected chi connectivity index (χ3v) is 13.2. The molecule has 0 radical (unpaired) electrons. The summed E-state index contributed by atoms with van der Waals surface area (Å²) in [6.07, 6.45) is 18.0. The van der Waals surface area contributed by atoms with Crippen LogP contribution in [0.3, 0.4) is 0 Å². The molecule has 1 amide bonds. The Balaban J connectivity index is 0.954. The lowest BCUT2D eigenvalue weighted by Gasteiger charge is -2.45. The van der Waals surface area contributed by atoms with Crippen LogP contribution >= 0.6 is 0 Å². The number of aromatic amines is 1. The topological polar surface area (TPSA) is 109 Å². The Morgan fingerprint density at radius 2 is 1.29 bits per heavy atom. The highest BCUT2D eigenvalue weighted by molar-refractivity contribution is 5.76. The lowest BCUT2D eigenvalue weighted by Crippen LogP contribution is -2.47. The molecule has 2 fully saturated rings. The molecule has 4 atom stereocenters. The van der Waals surface area contributed by atoms with Gasteiger partial charge < -0.3 is 29.8 Å². The first-order valence-electron chi connectivity index (χ1n) is 23.8. The van der Waals surface area contributed by atoms with Gasteiger partial charge in [0.15, 0.2) is 6.29 Å². The number of aliphatic hydroxyl groups excluding tert-OH is 1. The van der Waals surface area contributed by atoms with E-state index in [1.807, 2.05) is 47.0 Å².